The average Bonchev–Trinajstić information content (AvgIpc) is 3.02. The molecule has 1 N–H and O–H groups in total. The minimum absolute atomic E-state index is 0.0190. The molecule has 1 amide bonds. The van der Waals surface area contributed by atoms with Crippen LogP contribution in [0.3, 0.4) is 0 Å². The molecule has 1 aliphatic carbocycles. The quantitative estimate of drug-likeness (QED) is 0.749. The highest BCUT2D eigenvalue weighted by Gasteiger charge is 2.34. The lowest BCUT2D eigenvalue weighted by Crippen LogP contribution is -2.39. The monoisotopic (exact) mass is 241 g/mol. The van der Waals surface area contributed by atoms with E-state index in [0.717, 1.165) is 32.3 Å². The Labute approximate surface area is 101 Å². The van der Waals surface area contributed by atoms with Gasteiger partial charge in [0, 0.05) is 25.6 Å². The number of ether oxygens (including phenoxy) is 1. The number of amides is 1. The van der Waals surface area contributed by atoms with Gasteiger partial charge in [-0.3, -0.25) is 9.59 Å². The van der Waals surface area contributed by atoms with Crippen LogP contribution in [-0.2, 0) is 14.3 Å². The Morgan fingerprint density at radius 1 is 1.29 bits per heavy atom. The maximum atomic E-state index is 12.0. The van der Waals surface area contributed by atoms with E-state index in [4.69, 9.17) is 9.84 Å². The fraction of sp³-hybridized carbons (Fsp3) is 0.833. The lowest BCUT2D eigenvalue weighted by Gasteiger charge is -2.25. The van der Waals surface area contributed by atoms with Crippen molar-refractivity contribution in [2.24, 2.45) is 5.92 Å². The second kappa shape index (κ2) is 5.49. The summed E-state index contributed by atoms with van der Waals surface area (Å²) in [5, 5.41) is 8.69. The average molecular weight is 241 g/mol. The van der Waals surface area contributed by atoms with Crippen molar-refractivity contribution in [2.45, 2.75) is 38.2 Å². The first-order valence-corrected chi connectivity index (χ1v) is 6.29. The number of carboxylic acid groups (broad SMARTS) is 1. The molecule has 0 radical (unpaired) electrons. The van der Waals surface area contributed by atoms with Crippen LogP contribution in [0.2, 0.25) is 0 Å². The highest BCUT2D eigenvalue weighted by Crippen LogP contribution is 2.31. The van der Waals surface area contributed by atoms with Crippen LogP contribution < -0.4 is 0 Å². The number of carboxylic acids is 1. The van der Waals surface area contributed by atoms with Crippen LogP contribution in [0.1, 0.15) is 32.1 Å². The number of hydrogen-bond acceptors (Lipinski definition) is 3. The highest BCUT2D eigenvalue weighted by molar-refractivity contribution is 5.81. The van der Waals surface area contributed by atoms with Crippen molar-refractivity contribution in [3.05, 3.63) is 0 Å². The van der Waals surface area contributed by atoms with Crippen molar-refractivity contribution in [3.63, 3.8) is 0 Å². The smallest absolute Gasteiger partial charge is 0.305 e. The Balaban J connectivity index is 1.85. The van der Waals surface area contributed by atoms with E-state index in [2.05, 4.69) is 0 Å². The maximum Gasteiger partial charge on any atom is 0.305 e. The number of rotatable bonds is 6. The Kier molecular flexibility index (Phi) is 3.99. The van der Waals surface area contributed by atoms with E-state index in [1.54, 1.807) is 4.90 Å². The summed E-state index contributed by atoms with van der Waals surface area (Å²) in [7, 11) is 0. The highest BCUT2D eigenvalue weighted by atomic mass is 16.5. The molecule has 1 heterocycles. The summed E-state index contributed by atoms with van der Waals surface area (Å²) >= 11 is 0. The van der Waals surface area contributed by atoms with E-state index >= 15 is 0 Å². The molecule has 0 aromatic heterocycles. The number of carbonyl (C=O) groups is 2. The van der Waals surface area contributed by atoms with E-state index in [9.17, 15) is 9.59 Å². The standard InChI is InChI=1S/C12H19NO4/c14-11(15)5-6-13(12(16)9-3-4-9)8-10-2-1-7-17-10/h9-10H,1-8H2,(H,14,15)/t10-/m1/s1. The SMILES string of the molecule is O=C(O)CCN(C[C@H]1CCCO1)C(=O)C1CC1. The Hall–Kier alpha value is -1.10. The van der Waals surface area contributed by atoms with E-state index in [1.165, 1.54) is 0 Å². The summed E-state index contributed by atoms with van der Waals surface area (Å²) in [5.41, 5.74) is 0. The molecule has 0 unspecified atom stereocenters. The Morgan fingerprint density at radius 3 is 2.59 bits per heavy atom. The van der Waals surface area contributed by atoms with Gasteiger partial charge in [-0.25, -0.2) is 0 Å². The van der Waals surface area contributed by atoms with Gasteiger partial charge in [0.1, 0.15) is 0 Å². The number of carbonyl (C=O) groups excluding carboxylic acids is 1. The zero-order valence-electron chi connectivity index (χ0n) is 9.93. The van der Waals surface area contributed by atoms with Crippen molar-refractivity contribution in [3.8, 4) is 0 Å². The topological polar surface area (TPSA) is 66.8 Å². The van der Waals surface area contributed by atoms with E-state index in [0.29, 0.717) is 13.1 Å². The van der Waals surface area contributed by atoms with E-state index in [1.807, 2.05) is 0 Å². The molecule has 1 saturated carbocycles. The molecular formula is C12H19NO4. The third-order valence-electron chi connectivity index (χ3n) is 3.28. The summed E-state index contributed by atoms with van der Waals surface area (Å²) < 4.78 is 5.50. The summed E-state index contributed by atoms with van der Waals surface area (Å²) in [6.07, 6.45) is 4.04. The second-order valence-corrected chi connectivity index (χ2v) is 4.84. The molecule has 0 spiro atoms. The van der Waals surface area contributed by atoms with Gasteiger partial charge in [-0.05, 0) is 25.7 Å². The molecule has 2 fully saturated rings. The number of nitrogens with zero attached hydrogens (tertiary/aromatic N) is 1. The van der Waals surface area contributed by atoms with Crippen LogP contribution >= 0.6 is 0 Å². The molecule has 1 atom stereocenters. The van der Waals surface area contributed by atoms with Crippen LogP contribution in [0.15, 0.2) is 0 Å². The van der Waals surface area contributed by atoms with Crippen LogP contribution in [0.25, 0.3) is 0 Å². The predicted molar refractivity (Wildman–Crippen MR) is 60.5 cm³/mol. The van der Waals surface area contributed by atoms with Gasteiger partial charge in [0.2, 0.25) is 5.91 Å². The van der Waals surface area contributed by atoms with E-state index < -0.39 is 5.97 Å². The van der Waals surface area contributed by atoms with Gasteiger partial charge in [-0.2, -0.15) is 0 Å². The van der Waals surface area contributed by atoms with Crippen molar-refractivity contribution < 1.29 is 19.4 Å². The van der Waals surface area contributed by atoms with Crippen molar-refractivity contribution in [2.75, 3.05) is 19.7 Å². The van der Waals surface area contributed by atoms with Gasteiger partial charge in [-0.1, -0.05) is 0 Å². The molecule has 1 aliphatic heterocycles. The first-order chi connectivity index (χ1) is 8.16. The molecule has 5 nitrogen and oxygen atoms in total. The van der Waals surface area contributed by atoms with Gasteiger partial charge in [0.05, 0.1) is 12.5 Å². The minimum Gasteiger partial charge on any atom is -0.481 e. The molecule has 0 bridgehead atoms. The summed E-state index contributed by atoms with van der Waals surface area (Å²) in [4.78, 5) is 24.2. The maximum absolute atomic E-state index is 12.0. The van der Waals surface area contributed by atoms with Crippen LogP contribution in [0.4, 0.5) is 0 Å². The summed E-state index contributed by atoms with van der Waals surface area (Å²) in [6, 6.07) is 0. The lowest BCUT2D eigenvalue weighted by atomic mass is 10.2. The van der Waals surface area contributed by atoms with Gasteiger partial charge in [0.15, 0.2) is 0 Å². The molecular weight excluding hydrogens is 222 g/mol. The minimum atomic E-state index is -0.856. The zero-order valence-corrected chi connectivity index (χ0v) is 9.93. The van der Waals surface area contributed by atoms with Crippen LogP contribution in [-0.4, -0.2) is 47.7 Å². The summed E-state index contributed by atoms with van der Waals surface area (Å²) in [5.74, 6) is -0.599. The Bertz CT molecular complexity index is 295. The van der Waals surface area contributed by atoms with Crippen molar-refractivity contribution >= 4 is 11.9 Å². The summed E-state index contributed by atoms with van der Waals surface area (Å²) in [6.45, 7) is 1.63. The van der Waals surface area contributed by atoms with Gasteiger partial charge in [0.25, 0.3) is 0 Å². The van der Waals surface area contributed by atoms with Crippen LogP contribution in [0.5, 0.6) is 0 Å². The molecule has 0 aromatic carbocycles. The lowest BCUT2D eigenvalue weighted by molar-refractivity contribution is -0.139. The first kappa shape index (κ1) is 12.4. The zero-order chi connectivity index (χ0) is 12.3. The fourth-order valence-corrected chi connectivity index (χ4v) is 2.14. The Morgan fingerprint density at radius 2 is 2.06 bits per heavy atom. The fourth-order valence-electron chi connectivity index (χ4n) is 2.14. The molecule has 17 heavy (non-hydrogen) atoms. The first-order valence-electron chi connectivity index (χ1n) is 6.29. The molecule has 2 rings (SSSR count). The second-order valence-electron chi connectivity index (χ2n) is 4.84. The molecule has 0 aromatic rings. The predicted octanol–water partition coefficient (Wildman–Crippen LogP) is 0.879. The molecule has 96 valence electrons. The van der Waals surface area contributed by atoms with Crippen molar-refractivity contribution in [1.29, 1.82) is 0 Å². The largest absolute Gasteiger partial charge is 0.481 e. The third kappa shape index (κ3) is 3.70. The van der Waals surface area contributed by atoms with Gasteiger partial charge < -0.3 is 14.7 Å². The van der Waals surface area contributed by atoms with Gasteiger partial charge in [-0.15, -0.1) is 0 Å². The third-order valence-corrected chi connectivity index (χ3v) is 3.28. The van der Waals surface area contributed by atoms with Crippen molar-refractivity contribution in [1.82, 2.24) is 4.90 Å². The van der Waals surface area contributed by atoms with E-state index in [-0.39, 0.29) is 24.3 Å². The van der Waals surface area contributed by atoms with Crippen LogP contribution in [0, 0.1) is 5.92 Å². The number of hydrogen-bond donors (Lipinski definition) is 1. The van der Waals surface area contributed by atoms with Gasteiger partial charge >= 0.3 is 5.97 Å². The molecule has 2 aliphatic rings. The molecule has 5 heteroatoms. The molecule has 1 saturated heterocycles. The normalized spacial score (nSPS) is 23.6. The number of aliphatic carboxylic acids is 1.